The molecule has 128 valence electrons. The summed E-state index contributed by atoms with van der Waals surface area (Å²) in [6, 6.07) is 2.74. The quantitative estimate of drug-likeness (QED) is 0.500. The fourth-order valence-electron chi connectivity index (χ4n) is 1.65. The molecule has 2 aromatic rings. The molecule has 1 aromatic carbocycles. The third-order valence-corrected chi connectivity index (χ3v) is 3.43. The van der Waals surface area contributed by atoms with Gasteiger partial charge in [0, 0.05) is 11.9 Å². The first-order valence-electron chi connectivity index (χ1n) is 5.38. The molecule has 0 radical (unpaired) electrons. The van der Waals surface area contributed by atoms with E-state index in [2.05, 4.69) is 9.72 Å². The van der Waals surface area contributed by atoms with Gasteiger partial charge >= 0.3 is 16.5 Å². The Balaban J connectivity index is 2.74. The minimum atomic E-state index is -5.18. The third kappa shape index (κ3) is 4.48. The van der Waals surface area contributed by atoms with E-state index in [1.54, 1.807) is 0 Å². The van der Waals surface area contributed by atoms with Crippen LogP contribution < -0.4 is 4.74 Å². The van der Waals surface area contributed by atoms with Crippen LogP contribution in [0.5, 0.6) is 5.75 Å². The fourth-order valence-corrected chi connectivity index (χ4v) is 2.78. The molecule has 0 spiro atoms. The highest BCUT2D eigenvalue weighted by molar-refractivity contribution is 8.01. The summed E-state index contributed by atoms with van der Waals surface area (Å²) in [5, 5.41) is 0. The van der Waals surface area contributed by atoms with Crippen LogP contribution in [0.15, 0.2) is 18.2 Å². The van der Waals surface area contributed by atoms with Crippen molar-refractivity contribution in [3.8, 4) is 5.75 Å². The summed E-state index contributed by atoms with van der Waals surface area (Å²) in [7, 11) is 0. The molecule has 0 aliphatic heterocycles. The number of fused-ring (bicyclic) bond motifs is 1. The maximum Gasteiger partial charge on any atom is 0.573 e. The topological polar surface area (TPSA) is 27.1 Å². The molecule has 0 atom stereocenters. The Labute approximate surface area is 137 Å². The van der Waals surface area contributed by atoms with Gasteiger partial charge in [0.15, 0.2) is 5.75 Å². The number of imidazole rings is 1. The predicted octanol–water partition coefficient (Wildman–Crippen LogP) is 5.51. The highest BCUT2D eigenvalue weighted by atomic mass is 35.5. The zero-order chi connectivity index (χ0) is 17.6. The molecule has 1 aromatic heterocycles. The lowest BCUT2D eigenvalue weighted by Crippen LogP contribution is -2.18. The molecule has 0 N–H and O–H groups in total. The molecule has 0 saturated heterocycles. The number of hydrogen-bond donors (Lipinski definition) is 0. The van der Waals surface area contributed by atoms with Crippen molar-refractivity contribution in [3.05, 3.63) is 24.0 Å². The van der Waals surface area contributed by atoms with Gasteiger partial charge < -0.3 is 4.74 Å². The van der Waals surface area contributed by atoms with E-state index in [-0.39, 0.29) is 3.97 Å². The average Bonchev–Trinajstić information content (AvgIpc) is 2.64. The van der Waals surface area contributed by atoms with Gasteiger partial charge in [0.25, 0.3) is 0 Å². The van der Waals surface area contributed by atoms with E-state index in [0.29, 0.717) is 0 Å². The second kappa shape index (κ2) is 5.78. The number of aromatic nitrogens is 2. The highest BCUT2D eigenvalue weighted by Gasteiger charge is 2.42. The molecule has 0 bridgehead atoms. The van der Waals surface area contributed by atoms with Gasteiger partial charge in [0.2, 0.25) is 5.82 Å². The SMILES string of the molecule is FC(F)(F)Oc1cccc2nc(C(F)(F)F)n(SC(F)(Cl)Cl)c12. The van der Waals surface area contributed by atoms with Crippen LogP contribution in [-0.2, 0) is 6.18 Å². The van der Waals surface area contributed by atoms with Crippen molar-refractivity contribution < 1.29 is 35.5 Å². The Morgan fingerprint density at radius 3 is 2.13 bits per heavy atom. The zero-order valence-corrected chi connectivity index (χ0v) is 12.7. The van der Waals surface area contributed by atoms with Gasteiger partial charge in [-0.2, -0.15) is 17.6 Å². The number of rotatable bonds is 3. The van der Waals surface area contributed by atoms with E-state index in [1.165, 1.54) is 0 Å². The molecule has 0 aliphatic carbocycles. The molecule has 13 heteroatoms. The molecule has 23 heavy (non-hydrogen) atoms. The van der Waals surface area contributed by atoms with Crippen LogP contribution in [0.3, 0.4) is 0 Å². The molecule has 2 rings (SSSR count). The minimum absolute atomic E-state index is 0.0103. The lowest BCUT2D eigenvalue weighted by atomic mass is 10.3. The molecular formula is C10H3Cl2F7N2OS. The number of nitrogens with zero attached hydrogens (tertiary/aromatic N) is 2. The molecule has 0 saturated carbocycles. The number of hydrogen-bond acceptors (Lipinski definition) is 3. The van der Waals surface area contributed by atoms with Crippen LogP contribution in [0.2, 0.25) is 0 Å². The van der Waals surface area contributed by atoms with Gasteiger partial charge in [-0.15, -0.1) is 13.2 Å². The van der Waals surface area contributed by atoms with Crippen LogP contribution in [0.25, 0.3) is 11.0 Å². The predicted molar refractivity (Wildman–Crippen MR) is 70.0 cm³/mol. The Kier molecular flexibility index (Phi) is 4.59. The monoisotopic (exact) mass is 402 g/mol. The normalized spacial score (nSPS) is 13.6. The van der Waals surface area contributed by atoms with E-state index in [0.717, 1.165) is 18.2 Å². The van der Waals surface area contributed by atoms with Crippen LogP contribution >= 0.6 is 35.1 Å². The molecule has 3 nitrogen and oxygen atoms in total. The first-order chi connectivity index (χ1) is 10.3. The average molecular weight is 403 g/mol. The third-order valence-electron chi connectivity index (χ3n) is 2.27. The summed E-state index contributed by atoms with van der Waals surface area (Å²) in [5.41, 5.74) is -1.28. The standard InChI is InChI=1S/C10H3Cl2F7N2OS/c11-9(12,16)23-21-6-4(20-7(21)8(13,14)15)2-1-3-5(6)22-10(17,18)19/h1-3H. The first-order valence-corrected chi connectivity index (χ1v) is 6.91. The van der Waals surface area contributed by atoms with Crippen molar-refractivity contribution in [2.45, 2.75) is 16.5 Å². The fraction of sp³-hybridized carbons (Fsp3) is 0.300. The summed E-state index contributed by atoms with van der Waals surface area (Å²) in [5.74, 6) is -2.71. The Bertz CT molecular complexity index is 723. The molecule has 0 unspecified atom stereocenters. The van der Waals surface area contributed by atoms with Crippen molar-refractivity contribution >= 4 is 46.2 Å². The lowest BCUT2D eigenvalue weighted by Gasteiger charge is -2.16. The van der Waals surface area contributed by atoms with Crippen molar-refractivity contribution in [2.75, 3.05) is 0 Å². The van der Waals surface area contributed by atoms with Gasteiger partial charge in [-0.3, -0.25) is 3.97 Å². The van der Waals surface area contributed by atoms with Gasteiger partial charge in [-0.05, 0) is 12.1 Å². The zero-order valence-electron chi connectivity index (χ0n) is 10.3. The van der Waals surface area contributed by atoms with Crippen molar-refractivity contribution in [3.63, 3.8) is 0 Å². The van der Waals surface area contributed by atoms with Crippen LogP contribution in [0.4, 0.5) is 30.7 Å². The van der Waals surface area contributed by atoms with Crippen molar-refractivity contribution in [2.24, 2.45) is 0 Å². The van der Waals surface area contributed by atoms with E-state index in [4.69, 9.17) is 23.2 Å². The molecule has 0 amide bonds. The van der Waals surface area contributed by atoms with Crippen molar-refractivity contribution in [1.82, 2.24) is 8.96 Å². The van der Waals surface area contributed by atoms with Crippen LogP contribution in [-0.4, -0.2) is 19.2 Å². The van der Waals surface area contributed by atoms with E-state index < -0.39 is 51.0 Å². The minimum Gasteiger partial charge on any atom is -0.403 e. The van der Waals surface area contributed by atoms with Gasteiger partial charge in [-0.25, -0.2) is 4.98 Å². The summed E-state index contributed by atoms with van der Waals surface area (Å²) >= 11 is 9.61. The number of alkyl halides is 9. The maximum atomic E-state index is 13.3. The van der Waals surface area contributed by atoms with Crippen molar-refractivity contribution in [1.29, 1.82) is 0 Å². The molecule has 0 aliphatic rings. The number of benzene rings is 1. The van der Waals surface area contributed by atoms with E-state index in [1.807, 2.05) is 0 Å². The largest absolute Gasteiger partial charge is 0.573 e. The smallest absolute Gasteiger partial charge is 0.403 e. The Morgan fingerprint density at radius 2 is 1.65 bits per heavy atom. The van der Waals surface area contributed by atoms with Gasteiger partial charge in [0.05, 0.1) is 5.52 Å². The summed E-state index contributed by atoms with van der Waals surface area (Å²) < 4.78 is 89.7. The van der Waals surface area contributed by atoms with E-state index >= 15 is 0 Å². The number of halogens is 9. The summed E-state index contributed by atoms with van der Waals surface area (Å²) in [4.78, 5) is 3.14. The molecule has 0 fully saturated rings. The highest BCUT2D eigenvalue weighted by Crippen LogP contribution is 2.45. The molecular weight excluding hydrogens is 400 g/mol. The van der Waals surface area contributed by atoms with E-state index in [9.17, 15) is 30.7 Å². The Hall–Kier alpha value is -1.07. The summed E-state index contributed by atoms with van der Waals surface area (Å²) in [6.07, 6.45) is -10.3. The number of ether oxygens (including phenoxy) is 1. The maximum absolute atomic E-state index is 13.3. The van der Waals surface area contributed by atoms with Crippen LogP contribution in [0.1, 0.15) is 5.82 Å². The molecule has 1 heterocycles. The number of para-hydroxylation sites is 1. The van der Waals surface area contributed by atoms with Crippen LogP contribution in [0, 0.1) is 0 Å². The summed E-state index contributed by atoms with van der Waals surface area (Å²) in [6.45, 7) is 0. The van der Waals surface area contributed by atoms with Gasteiger partial charge in [-0.1, -0.05) is 29.3 Å². The van der Waals surface area contributed by atoms with Gasteiger partial charge in [0.1, 0.15) is 5.52 Å². The second-order valence-electron chi connectivity index (χ2n) is 3.94. The lowest BCUT2D eigenvalue weighted by molar-refractivity contribution is -0.274. The Morgan fingerprint density at radius 1 is 1.04 bits per heavy atom. The second-order valence-corrected chi connectivity index (χ2v) is 6.73. The first kappa shape index (κ1) is 18.3.